The Bertz CT molecular complexity index is 1450. The molecule has 9 heteroatoms. The lowest BCUT2D eigenvalue weighted by Gasteiger charge is -2.09. The third-order valence-corrected chi connectivity index (χ3v) is 6.26. The standard InChI is InChI=1S/C27H22ClFN4O3/c28-22-4-2-1-3-20(22)26(35)31-19-11-12-21(25(34)13-19)23-14-24(17-7-8-17)33(32-23)27(36)30-15-16-5-9-18(29)10-6-16/h1-6,9-14,17,34H,7-8,15H2,(H,30,36)(H,31,35). The third kappa shape index (κ3) is 5.08. The summed E-state index contributed by atoms with van der Waals surface area (Å²) in [5.74, 6) is -0.609. The van der Waals surface area contributed by atoms with E-state index in [-0.39, 0.29) is 24.0 Å². The van der Waals surface area contributed by atoms with Crippen molar-refractivity contribution in [1.82, 2.24) is 15.1 Å². The number of carbonyl (C=O) groups is 2. The summed E-state index contributed by atoms with van der Waals surface area (Å²) in [4.78, 5) is 25.4. The Balaban J connectivity index is 1.34. The molecule has 5 rings (SSSR count). The fraction of sp³-hybridized carbons (Fsp3) is 0.148. The van der Waals surface area contributed by atoms with Crippen molar-refractivity contribution in [2.75, 3.05) is 5.32 Å². The van der Waals surface area contributed by atoms with E-state index in [1.54, 1.807) is 54.6 Å². The molecule has 3 N–H and O–H groups in total. The van der Waals surface area contributed by atoms with Crippen LogP contribution in [0.1, 0.15) is 40.4 Å². The van der Waals surface area contributed by atoms with Gasteiger partial charge in [0.2, 0.25) is 0 Å². The Morgan fingerprint density at radius 1 is 1.06 bits per heavy atom. The van der Waals surface area contributed by atoms with E-state index in [9.17, 15) is 19.1 Å². The maximum absolute atomic E-state index is 13.1. The molecule has 4 aromatic rings. The maximum atomic E-state index is 13.1. The molecule has 0 saturated heterocycles. The summed E-state index contributed by atoms with van der Waals surface area (Å²) in [7, 11) is 0. The highest BCUT2D eigenvalue weighted by Gasteiger charge is 2.30. The van der Waals surface area contributed by atoms with Gasteiger partial charge in [0.05, 0.1) is 22.0 Å². The minimum atomic E-state index is -0.407. The summed E-state index contributed by atoms with van der Waals surface area (Å²) in [6.07, 6.45) is 1.91. The molecule has 1 heterocycles. The van der Waals surface area contributed by atoms with Crippen LogP contribution >= 0.6 is 11.6 Å². The van der Waals surface area contributed by atoms with Crippen LogP contribution in [-0.2, 0) is 6.54 Å². The Kier molecular flexibility index (Phi) is 6.43. The summed E-state index contributed by atoms with van der Waals surface area (Å²) in [6.45, 7) is 0.226. The van der Waals surface area contributed by atoms with Gasteiger partial charge in [-0.1, -0.05) is 35.9 Å². The second-order valence-electron chi connectivity index (χ2n) is 8.59. The number of aromatic hydroxyl groups is 1. The van der Waals surface area contributed by atoms with Crippen LogP contribution in [0.4, 0.5) is 14.9 Å². The zero-order valence-corrected chi connectivity index (χ0v) is 19.8. The lowest BCUT2D eigenvalue weighted by Crippen LogP contribution is -2.30. The molecule has 0 spiro atoms. The zero-order chi connectivity index (χ0) is 25.2. The predicted octanol–water partition coefficient (Wildman–Crippen LogP) is 5.94. The molecule has 3 aromatic carbocycles. The molecular weight excluding hydrogens is 483 g/mol. The monoisotopic (exact) mass is 504 g/mol. The van der Waals surface area contributed by atoms with E-state index < -0.39 is 11.9 Å². The first-order valence-electron chi connectivity index (χ1n) is 11.4. The van der Waals surface area contributed by atoms with Crippen LogP contribution in [0.25, 0.3) is 11.3 Å². The summed E-state index contributed by atoms with van der Waals surface area (Å²) >= 11 is 6.09. The number of carbonyl (C=O) groups excluding carboxylic acids is 2. The number of nitrogens with zero attached hydrogens (tertiary/aromatic N) is 2. The second kappa shape index (κ2) is 9.83. The first kappa shape index (κ1) is 23.6. The van der Waals surface area contributed by atoms with Crippen LogP contribution in [0.2, 0.25) is 5.02 Å². The molecule has 1 aromatic heterocycles. The van der Waals surface area contributed by atoms with Gasteiger partial charge in [0.25, 0.3) is 5.91 Å². The van der Waals surface area contributed by atoms with E-state index in [4.69, 9.17) is 11.6 Å². The first-order valence-corrected chi connectivity index (χ1v) is 11.8. The van der Waals surface area contributed by atoms with Gasteiger partial charge in [0.1, 0.15) is 11.6 Å². The third-order valence-electron chi connectivity index (χ3n) is 5.93. The fourth-order valence-corrected chi connectivity index (χ4v) is 4.11. The fourth-order valence-electron chi connectivity index (χ4n) is 3.88. The summed E-state index contributed by atoms with van der Waals surface area (Å²) in [5, 5.41) is 21.0. The van der Waals surface area contributed by atoms with Gasteiger partial charge in [0, 0.05) is 29.8 Å². The highest BCUT2D eigenvalue weighted by Crippen LogP contribution is 2.42. The number of amides is 2. The Morgan fingerprint density at radius 2 is 1.81 bits per heavy atom. The molecule has 0 bridgehead atoms. The number of hydrogen-bond acceptors (Lipinski definition) is 4. The van der Waals surface area contributed by atoms with E-state index in [2.05, 4.69) is 15.7 Å². The largest absolute Gasteiger partial charge is 0.507 e. The number of benzene rings is 3. The molecule has 182 valence electrons. The molecule has 1 saturated carbocycles. The quantitative estimate of drug-likeness (QED) is 0.303. The van der Waals surface area contributed by atoms with E-state index >= 15 is 0 Å². The highest BCUT2D eigenvalue weighted by atomic mass is 35.5. The van der Waals surface area contributed by atoms with E-state index in [1.807, 2.05) is 0 Å². The summed E-state index contributed by atoms with van der Waals surface area (Å²) < 4.78 is 14.5. The molecule has 36 heavy (non-hydrogen) atoms. The van der Waals surface area contributed by atoms with Crippen LogP contribution in [0, 0.1) is 5.82 Å². The van der Waals surface area contributed by atoms with E-state index in [0.29, 0.717) is 27.5 Å². The molecule has 0 radical (unpaired) electrons. The molecule has 2 amide bonds. The highest BCUT2D eigenvalue weighted by molar-refractivity contribution is 6.34. The number of anilines is 1. The zero-order valence-electron chi connectivity index (χ0n) is 19.0. The van der Waals surface area contributed by atoms with Crippen molar-refractivity contribution in [3.8, 4) is 17.0 Å². The van der Waals surface area contributed by atoms with Gasteiger partial charge in [-0.15, -0.1) is 0 Å². The van der Waals surface area contributed by atoms with Crippen molar-refractivity contribution in [3.05, 3.63) is 100 Å². The smallest absolute Gasteiger partial charge is 0.342 e. The number of nitrogens with one attached hydrogen (secondary N) is 2. The summed E-state index contributed by atoms with van der Waals surface area (Å²) in [5.41, 5.74) is 3.10. The van der Waals surface area contributed by atoms with E-state index in [0.717, 1.165) is 24.1 Å². The van der Waals surface area contributed by atoms with E-state index in [1.165, 1.54) is 22.9 Å². The topological polar surface area (TPSA) is 96.3 Å². The number of aromatic nitrogens is 2. The van der Waals surface area contributed by atoms with Crippen molar-refractivity contribution in [3.63, 3.8) is 0 Å². The number of rotatable bonds is 6. The molecule has 7 nitrogen and oxygen atoms in total. The SMILES string of the molecule is O=C(Nc1ccc(-c2cc(C3CC3)n(C(=O)NCc3ccc(F)cc3)n2)c(O)c1)c1ccccc1Cl. The normalized spacial score (nSPS) is 12.8. The Morgan fingerprint density at radius 3 is 2.50 bits per heavy atom. The molecule has 0 aliphatic heterocycles. The van der Waals surface area contributed by atoms with Crippen molar-refractivity contribution in [2.45, 2.75) is 25.3 Å². The lowest BCUT2D eigenvalue weighted by molar-refractivity contribution is 0.102. The molecular formula is C27H22ClFN4O3. The van der Waals surface area contributed by atoms with Gasteiger partial charge in [-0.05, 0) is 60.9 Å². The van der Waals surface area contributed by atoms with Gasteiger partial charge >= 0.3 is 6.03 Å². The van der Waals surface area contributed by atoms with Crippen LogP contribution in [-0.4, -0.2) is 26.8 Å². The summed E-state index contributed by atoms with van der Waals surface area (Å²) in [6, 6.07) is 18.7. The van der Waals surface area contributed by atoms with Gasteiger partial charge in [-0.3, -0.25) is 4.79 Å². The number of phenols is 1. The molecule has 1 aliphatic rings. The average molecular weight is 505 g/mol. The average Bonchev–Trinajstić information content (AvgIpc) is 3.62. The minimum absolute atomic E-state index is 0.0920. The minimum Gasteiger partial charge on any atom is -0.507 e. The van der Waals surface area contributed by atoms with Crippen molar-refractivity contribution < 1.29 is 19.1 Å². The molecule has 0 unspecified atom stereocenters. The van der Waals surface area contributed by atoms with Crippen LogP contribution < -0.4 is 10.6 Å². The van der Waals surface area contributed by atoms with Crippen molar-refractivity contribution in [1.29, 1.82) is 0 Å². The van der Waals surface area contributed by atoms with Crippen molar-refractivity contribution >= 4 is 29.2 Å². The Labute approximate surface area is 211 Å². The number of phenolic OH excluding ortho intramolecular Hbond substituents is 1. The number of halogens is 2. The van der Waals surface area contributed by atoms with Gasteiger partial charge < -0.3 is 15.7 Å². The molecule has 1 fully saturated rings. The van der Waals surface area contributed by atoms with Crippen LogP contribution in [0.5, 0.6) is 5.75 Å². The lowest BCUT2D eigenvalue weighted by atomic mass is 10.1. The predicted molar refractivity (Wildman–Crippen MR) is 135 cm³/mol. The van der Waals surface area contributed by atoms with Crippen LogP contribution in [0.15, 0.2) is 72.8 Å². The van der Waals surface area contributed by atoms with Crippen molar-refractivity contribution in [2.24, 2.45) is 0 Å². The van der Waals surface area contributed by atoms with Gasteiger partial charge in [-0.25, -0.2) is 9.18 Å². The maximum Gasteiger partial charge on any atom is 0.342 e. The number of hydrogen-bond donors (Lipinski definition) is 3. The first-order chi connectivity index (χ1) is 17.4. The second-order valence-corrected chi connectivity index (χ2v) is 9.00. The molecule has 1 aliphatic carbocycles. The molecule has 0 atom stereocenters. The Hall–Kier alpha value is -4.17. The van der Waals surface area contributed by atoms with Gasteiger partial charge in [0.15, 0.2) is 0 Å². The van der Waals surface area contributed by atoms with Crippen LogP contribution in [0.3, 0.4) is 0 Å². The van der Waals surface area contributed by atoms with Gasteiger partial charge in [-0.2, -0.15) is 9.78 Å².